The Morgan fingerprint density at radius 3 is 2.04 bits per heavy atom. The third kappa shape index (κ3) is 3.03. The van der Waals surface area contributed by atoms with Crippen molar-refractivity contribution in [2.24, 2.45) is 0 Å². The van der Waals surface area contributed by atoms with Gasteiger partial charge in [-0.15, -0.1) is 0 Å². The Kier molecular flexibility index (Phi) is 4.55. The molecule has 0 spiro atoms. The number of benzene rings is 7. The van der Waals surface area contributed by atoms with Crippen LogP contribution in [0.4, 0.5) is 0 Å². The molecule has 4 heterocycles. The molecule has 0 fully saturated rings. The van der Waals surface area contributed by atoms with Crippen LogP contribution in [0.5, 0.6) is 11.5 Å². The van der Waals surface area contributed by atoms with E-state index < -0.39 is 0 Å². The lowest BCUT2D eigenvalue weighted by molar-refractivity contribution is 0.478. The Balaban J connectivity index is 1.10. The van der Waals surface area contributed by atoms with Crippen molar-refractivity contribution in [3.63, 3.8) is 0 Å². The zero-order valence-corrected chi connectivity index (χ0v) is 24.6. The lowest BCUT2D eigenvalue weighted by atomic mass is 10.0. The van der Waals surface area contributed by atoms with Gasteiger partial charge in [-0.2, -0.15) is 0 Å². The first-order valence-electron chi connectivity index (χ1n) is 15.6. The van der Waals surface area contributed by atoms with Crippen LogP contribution >= 0.6 is 0 Å². The zero-order valence-electron chi connectivity index (χ0n) is 24.6. The smallest absolute Gasteiger partial charge is 0.159 e. The van der Waals surface area contributed by atoms with Crippen molar-refractivity contribution in [3.05, 3.63) is 146 Å². The normalized spacial score (nSPS) is 12.5. The first-order chi connectivity index (χ1) is 22.8. The van der Waals surface area contributed by atoms with Crippen LogP contribution in [0, 0.1) is 0 Å². The van der Waals surface area contributed by atoms with Gasteiger partial charge in [-0.05, 0) is 60.2 Å². The first-order valence-corrected chi connectivity index (χ1v) is 15.6. The molecule has 0 aliphatic carbocycles. The maximum absolute atomic E-state index is 6.71. The summed E-state index contributed by atoms with van der Waals surface area (Å²) in [6.07, 6.45) is 0. The van der Waals surface area contributed by atoms with Crippen LogP contribution in [0.1, 0.15) is 0 Å². The van der Waals surface area contributed by atoms with Gasteiger partial charge < -0.3 is 18.3 Å². The second-order valence-electron chi connectivity index (χ2n) is 12.1. The molecule has 0 saturated heterocycles. The van der Waals surface area contributed by atoms with E-state index >= 15 is 0 Å². The van der Waals surface area contributed by atoms with Crippen molar-refractivity contribution >= 4 is 65.6 Å². The van der Waals surface area contributed by atoms with Crippen molar-refractivity contribution in [2.75, 3.05) is 0 Å². The highest BCUT2D eigenvalue weighted by Gasteiger charge is 2.26. The van der Waals surface area contributed by atoms with Gasteiger partial charge in [0.2, 0.25) is 0 Å². The summed E-state index contributed by atoms with van der Waals surface area (Å²) in [5.74, 6) is 1.76. The number of nitrogens with zero attached hydrogens (tertiary/aromatic N) is 2. The monoisotopic (exact) mass is 588 g/mol. The standard InChI is InChI=1S/C42H24N2O2/c1-4-14-33-28(9-1)30-13-8-18-38-40(30)44(33)36-16-7-12-27(41(36)46-38)25-19-21-26(22-20-25)43-34-15-5-2-11-32(34)39-35(43)24-23-31-29-10-3-6-17-37(29)45-42(31)39/h1-24H. The number of ether oxygens (including phenoxy) is 1. The van der Waals surface area contributed by atoms with E-state index in [-0.39, 0.29) is 0 Å². The number of rotatable bonds is 2. The number of fused-ring (bicyclic) bond motifs is 12. The first kappa shape index (κ1) is 24.1. The van der Waals surface area contributed by atoms with Gasteiger partial charge >= 0.3 is 0 Å². The molecule has 0 unspecified atom stereocenters. The summed E-state index contributed by atoms with van der Waals surface area (Å²) in [7, 11) is 0. The molecule has 0 amide bonds. The average molecular weight is 589 g/mol. The molecule has 3 aromatic heterocycles. The minimum absolute atomic E-state index is 0.876. The highest BCUT2D eigenvalue weighted by atomic mass is 16.5. The van der Waals surface area contributed by atoms with Crippen molar-refractivity contribution in [1.82, 2.24) is 9.13 Å². The fourth-order valence-corrected chi connectivity index (χ4v) is 7.77. The van der Waals surface area contributed by atoms with Crippen molar-refractivity contribution in [2.45, 2.75) is 0 Å². The summed E-state index contributed by atoms with van der Waals surface area (Å²) in [6, 6.07) is 51.5. The van der Waals surface area contributed by atoms with Crippen LogP contribution < -0.4 is 4.74 Å². The Bertz CT molecular complexity index is 2880. The Morgan fingerprint density at radius 2 is 1.17 bits per heavy atom. The summed E-state index contributed by atoms with van der Waals surface area (Å²) in [6.45, 7) is 0. The SMILES string of the molecule is c1cc(-c2ccc(-n3c4ccccc4c4c5oc6ccccc6c5ccc43)cc2)c2c(c1)-n1c3ccccc3c3cccc(c31)O2. The maximum Gasteiger partial charge on any atom is 0.159 e. The van der Waals surface area contributed by atoms with Crippen molar-refractivity contribution < 1.29 is 9.15 Å². The molecule has 1 aliphatic heterocycles. The molecule has 11 rings (SSSR count). The van der Waals surface area contributed by atoms with E-state index in [0.29, 0.717) is 0 Å². The van der Waals surface area contributed by atoms with Gasteiger partial charge in [0.25, 0.3) is 0 Å². The minimum Gasteiger partial charge on any atom is -0.455 e. The molecule has 7 aromatic carbocycles. The molecule has 1 aliphatic rings. The fourth-order valence-electron chi connectivity index (χ4n) is 7.77. The third-order valence-corrected chi connectivity index (χ3v) is 9.72. The van der Waals surface area contributed by atoms with Crippen molar-refractivity contribution in [1.29, 1.82) is 0 Å². The van der Waals surface area contributed by atoms with Crippen LogP contribution in [-0.2, 0) is 0 Å². The summed E-state index contributed by atoms with van der Waals surface area (Å²) in [5, 5.41) is 7.05. The van der Waals surface area contributed by atoms with Gasteiger partial charge in [0.05, 0.1) is 33.1 Å². The van der Waals surface area contributed by atoms with Crippen LogP contribution in [0.25, 0.3) is 88.1 Å². The van der Waals surface area contributed by atoms with E-state index in [1.54, 1.807) is 0 Å². The minimum atomic E-state index is 0.876. The Labute approximate surface area is 262 Å². The molecule has 46 heavy (non-hydrogen) atoms. The fraction of sp³-hybridized carbons (Fsp3) is 0. The molecule has 4 heteroatoms. The van der Waals surface area contributed by atoms with Crippen LogP contribution in [0.2, 0.25) is 0 Å². The highest BCUT2D eigenvalue weighted by molar-refractivity contribution is 6.23. The quantitative estimate of drug-likeness (QED) is 0.201. The lowest BCUT2D eigenvalue weighted by Gasteiger charge is -2.23. The number of para-hydroxylation sites is 5. The van der Waals surface area contributed by atoms with E-state index in [4.69, 9.17) is 9.15 Å². The van der Waals surface area contributed by atoms with E-state index in [1.807, 2.05) is 12.1 Å². The summed E-state index contributed by atoms with van der Waals surface area (Å²) < 4.78 is 17.9. The van der Waals surface area contributed by atoms with Gasteiger partial charge in [0, 0.05) is 38.2 Å². The van der Waals surface area contributed by atoms with Crippen LogP contribution in [0.15, 0.2) is 150 Å². The molecule has 0 saturated carbocycles. The number of hydrogen-bond acceptors (Lipinski definition) is 2. The Hall–Kier alpha value is -6.26. The predicted octanol–water partition coefficient (Wildman–Crippen LogP) is 11.6. The number of aromatic nitrogens is 2. The Morgan fingerprint density at radius 1 is 0.457 bits per heavy atom. The number of hydrogen-bond donors (Lipinski definition) is 0. The van der Waals surface area contributed by atoms with Crippen LogP contribution in [-0.4, -0.2) is 9.13 Å². The van der Waals surface area contributed by atoms with Gasteiger partial charge in [-0.25, -0.2) is 0 Å². The lowest BCUT2D eigenvalue weighted by Crippen LogP contribution is -2.05. The van der Waals surface area contributed by atoms with E-state index in [0.717, 1.165) is 77.9 Å². The third-order valence-electron chi connectivity index (χ3n) is 9.72. The summed E-state index contributed by atoms with van der Waals surface area (Å²) >= 11 is 0. The zero-order chi connectivity index (χ0) is 29.9. The largest absolute Gasteiger partial charge is 0.455 e. The molecule has 0 atom stereocenters. The summed E-state index contributed by atoms with van der Waals surface area (Å²) in [5.41, 5.74) is 10.8. The molecule has 0 N–H and O–H groups in total. The van der Waals surface area contributed by atoms with E-state index in [2.05, 4.69) is 143 Å². The molecular weight excluding hydrogens is 564 g/mol. The average Bonchev–Trinajstić information content (AvgIpc) is 3.77. The van der Waals surface area contributed by atoms with Crippen molar-refractivity contribution in [3.8, 4) is 34.0 Å². The molecule has 0 bridgehead atoms. The van der Waals surface area contributed by atoms with Gasteiger partial charge in [-0.1, -0.05) is 91.0 Å². The topological polar surface area (TPSA) is 32.2 Å². The second-order valence-corrected chi connectivity index (χ2v) is 12.1. The molecule has 10 aromatic rings. The molecule has 0 radical (unpaired) electrons. The van der Waals surface area contributed by atoms with Crippen LogP contribution in [0.3, 0.4) is 0 Å². The van der Waals surface area contributed by atoms with E-state index in [9.17, 15) is 0 Å². The van der Waals surface area contributed by atoms with Gasteiger partial charge in [0.15, 0.2) is 11.5 Å². The van der Waals surface area contributed by atoms with Gasteiger partial charge in [0.1, 0.15) is 11.2 Å². The van der Waals surface area contributed by atoms with E-state index in [1.165, 1.54) is 21.7 Å². The predicted molar refractivity (Wildman–Crippen MR) is 188 cm³/mol. The van der Waals surface area contributed by atoms with Gasteiger partial charge in [-0.3, -0.25) is 0 Å². The highest BCUT2D eigenvalue weighted by Crippen LogP contribution is 2.49. The summed E-state index contributed by atoms with van der Waals surface area (Å²) in [4.78, 5) is 0. The second kappa shape index (κ2) is 8.68. The molecule has 4 nitrogen and oxygen atoms in total. The number of furan rings is 1. The molecular formula is C42H24N2O2. The maximum atomic E-state index is 6.71. The molecule has 214 valence electrons.